The maximum Gasteiger partial charge on any atom is 0.275 e. The number of quaternary nitrogens is 1. The fourth-order valence-corrected chi connectivity index (χ4v) is 5.51. The molecule has 2 rings (SSSR count). The van der Waals surface area contributed by atoms with Gasteiger partial charge in [0, 0.05) is 5.54 Å². The van der Waals surface area contributed by atoms with Crippen molar-refractivity contribution in [1.29, 1.82) is 0 Å². The first-order valence-corrected chi connectivity index (χ1v) is 11.1. The van der Waals surface area contributed by atoms with Gasteiger partial charge in [-0.3, -0.25) is 4.79 Å². The number of piperazine rings is 1. The third kappa shape index (κ3) is 5.30. The lowest BCUT2D eigenvalue weighted by molar-refractivity contribution is -0.895. The van der Waals surface area contributed by atoms with Gasteiger partial charge in [-0.2, -0.15) is 4.31 Å². The molecule has 7 heteroatoms. The normalized spacial score (nSPS) is 17.1. The Morgan fingerprint density at radius 1 is 1.15 bits per heavy atom. The van der Waals surface area contributed by atoms with Crippen LogP contribution in [0.15, 0.2) is 17.0 Å². The van der Waals surface area contributed by atoms with Gasteiger partial charge in [-0.05, 0) is 52.2 Å². The van der Waals surface area contributed by atoms with Gasteiger partial charge in [-0.25, -0.2) is 8.42 Å². The summed E-state index contributed by atoms with van der Waals surface area (Å²) in [6.45, 7) is 14.3. The molecule has 1 amide bonds. The highest BCUT2D eigenvalue weighted by molar-refractivity contribution is 7.89. The summed E-state index contributed by atoms with van der Waals surface area (Å²) < 4.78 is 27.8. The van der Waals surface area contributed by atoms with Crippen LogP contribution in [0, 0.1) is 20.8 Å². The van der Waals surface area contributed by atoms with Gasteiger partial charge < -0.3 is 10.2 Å². The van der Waals surface area contributed by atoms with Crippen molar-refractivity contribution >= 4 is 15.9 Å². The minimum absolute atomic E-state index is 0.0263. The molecule has 1 saturated heterocycles. The summed E-state index contributed by atoms with van der Waals surface area (Å²) >= 11 is 0. The molecule has 27 heavy (non-hydrogen) atoms. The molecule has 1 aromatic rings. The number of hydrogen-bond acceptors (Lipinski definition) is 3. The molecule has 0 atom stereocenters. The second-order valence-electron chi connectivity index (χ2n) is 8.34. The lowest BCUT2D eigenvalue weighted by atomic mass is 10.0. The van der Waals surface area contributed by atoms with E-state index in [9.17, 15) is 13.2 Å². The van der Waals surface area contributed by atoms with Gasteiger partial charge in [-0.15, -0.1) is 0 Å². The summed E-state index contributed by atoms with van der Waals surface area (Å²) in [5, 5.41) is 3.05. The molecular weight excluding hydrogens is 362 g/mol. The molecule has 152 valence electrons. The molecule has 6 nitrogen and oxygen atoms in total. The van der Waals surface area contributed by atoms with Crippen LogP contribution in [-0.2, 0) is 14.8 Å². The summed E-state index contributed by atoms with van der Waals surface area (Å²) in [4.78, 5) is 13.8. The Hall–Kier alpha value is -1.44. The van der Waals surface area contributed by atoms with Crippen molar-refractivity contribution in [3.63, 3.8) is 0 Å². The summed E-state index contributed by atoms with van der Waals surface area (Å²) in [6.07, 6.45) is 0.870. The molecule has 1 aromatic carbocycles. The van der Waals surface area contributed by atoms with Gasteiger partial charge in [0.25, 0.3) is 5.91 Å². The Labute approximate surface area is 164 Å². The molecule has 0 spiro atoms. The Bertz CT molecular complexity index is 772. The van der Waals surface area contributed by atoms with Crippen molar-refractivity contribution in [3.05, 3.63) is 28.8 Å². The third-order valence-corrected chi connectivity index (χ3v) is 7.61. The van der Waals surface area contributed by atoms with Crippen LogP contribution in [0.25, 0.3) is 0 Å². The van der Waals surface area contributed by atoms with Gasteiger partial charge in [0.1, 0.15) is 0 Å². The van der Waals surface area contributed by atoms with Crippen molar-refractivity contribution < 1.29 is 18.1 Å². The number of benzene rings is 1. The number of rotatable bonds is 6. The molecule has 1 aliphatic rings. The first kappa shape index (κ1) is 21.9. The fourth-order valence-electron chi connectivity index (χ4n) is 3.66. The van der Waals surface area contributed by atoms with Crippen molar-refractivity contribution in [2.45, 2.75) is 58.4 Å². The lowest BCUT2D eigenvalue weighted by Gasteiger charge is -2.32. The summed E-state index contributed by atoms with van der Waals surface area (Å²) in [7, 11) is -3.51. The maximum absolute atomic E-state index is 13.1. The zero-order valence-corrected chi connectivity index (χ0v) is 18.3. The van der Waals surface area contributed by atoms with E-state index in [-0.39, 0.29) is 11.4 Å². The maximum atomic E-state index is 13.1. The van der Waals surface area contributed by atoms with Gasteiger partial charge in [-0.1, -0.05) is 24.6 Å². The van der Waals surface area contributed by atoms with Crippen LogP contribution in [0.3, 0.4) is 0 Å². The molecule has 0 aliphatic carbocycles. The predicted octanol–water partition coefficient (Wildman–Crippen LogP) is 0.806. The van der Waals surface area contributed by atoms with Crippen LogP contribution in [0.1, 0.15) is 43.9 Å². The summed E-state index contributed by atoms with van der Waals surface area (Å²) in [5.41, 5.74) is 2.45. The van der Waals surface area contributed by atoms with Crippen molar-refractivity contribution in [3.8, 4) is 0 Å². The minimum Gasteiger partial charge on any atom is -0.346 e. The SMILES string of the molecule is CCC(C)(C)NC(=O)C[NH+]1CCN(S(=O)(=O)c2c(C)cc(C)cc2C)CC1. The smallest absolute Gasteiger partial charge is 0.275 e. The van der Waals surface area contributed by atoms with Gasteiger partial charge in [0.05, 0.1) is 31.1 Å². The van der Waals surface area contributed by atoms with Gasteiger partial charge in [0.15, 0.2) is 6.54 Å². The molecule has 1 aliphatic heterocycles. The summed E-state index contributed by atoms with van der Waals surface area (Å²) in [5.74, 6) is 0.0263. The fraction of sp³-hybridized carbons (Fsp3) is 0.650. The number of carbonyl (C=O) groups is 1. The molecular formula is C20H34N3O3S+. The largest absolute Gasteiger partial charge is 0.346 e. The second kappa shape index (κ2) is 8.29. The number of carbonyl (C=O) groups excluding carboxylic acids is 1. The Kier molecular flexibility index (Phi) is 6.71. The van der Waals surface area contributed by atoms with E-state index in [4.69, 9.17) is 0 Å². The number of amides is 1. The van der Waals surface area contributed by atoms with Gasteiger partial charge in [0.2, 0.25) is 10.0 Å². The number of nitrogens with one attached hydrogen (secondary N) is 2. The standard InChI is InChI=1S/C20H33N3O3S/c1-7-20(5,6)21-18(24)14-22-8-10-23(11-9-22)27(25,26)19-16(3)12-15(2)13-17(19)4/h12-13H,7-11,14H2,1-6H3,(H,21,24)/p+1. The Morgan fingerprint density at radius 2 is 1.67 bits per heavy atom. The third-order valence-electron chi connectivity index (χ3n) is 5.40. The molecule has 1 fully saturated rings. The Morgan fingerprint density at radius 3 is 2.15 bits per heavy atom. The van der Waals surface area contributed by atoms with Crippen LogP contribution in [0.5, 0.6) is 0 Å². The molecule has 0 unspecified atom stereocenters. The number of aryl methyl sites for hydroxylation is 3. The highest BCUT2D eigenvalue weighted by Gasteiger charge is 2.33. The minimum atomic E-state index is -3.51. The second-order valence-corrected chi connectivity index (χ2v) is 10.2. The molecule has 0 saturated carbocycles. The van der Waals surface area contributed by atoms with E-state index >= 15 is 0 Å². The molecule has 0 radical (unpaired) electrons. The first-order valence-electron chi connectivity index (χ1n) is 9.69. The summed E-state index contributed by atoms with van der Waals surface area (Å²) in [6, 6.07) is 3.84. The number of nitrogens with zero attached hydrogens (tertiary/aromatic N) is 1. The topological polar surface area (TPSA) is 70.9 Å². The van der Waals surface area contributed by atoms with Crippen LogP contribution in [-0.4, -0.2) is 56.9 Å². The van der Waals surface area contributed by atoms with E-state index in [1.165, 1.54) is 0 Å². The molecule has 0 bridgehead atoms. The molecule has 0 aromatic heterocycles. The Balaban J connectivity index is 2.02. The van der Waals surface area contributed by atoms with E-state index in [1.807, 2.05) is 53.7 Å². The first-order chi connectivity index (χ1) is 12.5. The zero-order valence-electron chi connectivity index (χ0n) is 17.5. The highest BCUT2D eigenvalue weighted by Crippen LogP contribution is 2.25. The van der Waals surface area contributed by atoms with E-state index in [2.05, 4.69) is 5.32 Å². The number of hydrogen-bond donors (Lipinski definition) is 2. The van der Waals surface area contributed by atoms with E-state index in [0.717, 1.165) is 28.0 Å². The van der Waals surface area contributed by atoms with Crippen molar-refractivity contribution in [2.24, 2.45) is 0 Å². The van der Waals surface area contributed by atoms with Crippen molar-refractivity contribution in [2.75, 3.05) is 32.7 Å². The van der Waals surface area contributed by atoms with Crippen molar-refractivity contribution in [1.82, 2.24) is 9.62 Å². The van der Waals surface area contributed by atoms with Crippen LogP contribution < -0.4 is 10.2 Å². The van der Waals surface area contributed by atoms with E-state index in [0.29, 0.717) is 37.6 Å². The predicted molar refractivity (Wildman–Crippen MR) is 107 cm³/mol. The zero-order chi connectivity index (χ0) is 20.4. The number of sulfonamides is 1. The molecule has 1 heterocycles. The van der Waals surface area contributed by atoms with Crippen LogP contribution >= 0.6 is 0 Å². The van der Waals surface area contributed by atoms with Gasteiger partial charge >= 0.3 is 0 Å². The quantitative estimate of drug-likeness (QED) is 0.747. The van der Waals surface area contributed by atoms with Crippen LogP contribution in [0.2, 0.25) is 0 Å². The monoisotopic (exact) mass is 396 g/mol. The average Bonchev–Trinajstić information content (AvgIpc) is 2.53. The van der Waals surface area contributed by atoms with E-state index in [1.54, 1.807) is 4.31 Å². The average molecular weight is 397 g/mol. The highest BCUT2D eigenvalue weighted by atomic mass is 32.2. The van der Waals surface area contributed by atoms with E-state index < -0.39 is 10.0 Å². The lowest BCUT2D eigenvalue weighted by Crippen LogP contribution is -3.16. The molecule has 2 N–H and O–H groups in total. The van der Waals surface area contributed by atoms with Crippen LogP contribution in [0.4, 0.5) is 0 Å².